The summed E-state index contributed by atoms with van der Waals surface area (Å²) in [6.07, 6.45) is 10.0. The Kier molecular flexibility index (Phi) is 6.86. The number of benzene rings is 1. The Morgan fingerprint density at radius 3 is 2.28 bits per heavy atom. The van der Waals surface area contributed by atoms with E-state index in [1.54, 1.807) is 0 Å². The van der Waals surface area contributed by atoms with Gasteiger partial charge in [0.1, 0.15) is 0 Å². The smallest absolute Gasteiger partial charge is 0.234 e. The second-order valence-electron chi connectivity index (χ2n) is 9.19. The number of hydrogen-bond donors (Lipinski definition) is 2. The van der Waals surface area contributed by atoms with Crippen LogP contribution in [0.3, 0.4) is 0 Å². The zero-order valence-corrected chi connectivity index (χ0v) is 17.4. The van der Waals surface area contributed by atoms with Crippen LogP contribution in [0.2, 0.25) is 0 Å². The van der Waals surface area contributed by atoms with Crippen LogP contribution in [-0.2, 0) is 9.59 Å². The molecule has 1 heterocycles. The number of likely N-dealkylation sites (tertiary alicyclic amines) is 1. The first kappa shape index (κ1) is 20.4. The van der Waals surface area contributed by atoms with Crippen molar-refractivity contribution in [2.45, 2.75) is 69.9 Å². The van der Waals surface area contributed by atoms with E-state index in [0.717, 1.165) is 38.8 Å². The van der Waals surface area contributed by atoms with Gasteiger partial charge in [0.15, 0.2) is 0 Å². The second kappa shape index (κ2) is 9.75. The molecule has 1 atom stereocenters. The van der Waals surface area contributed by atoms with Gasteiger partial charge < -0.3 is 10.6 Å². The number of amides is 2. The lowest BCUT2D eigenvalue weighted by atomic mass is 9.88. The van der Waals surface area contributed by atoms with Crippen molar-refractivity contribution in [3.05, 3.63) is 35.9 Å². The third-order valence-electron chi connectivity index (χ3n) is 6.85. The maximum atomic E-state index is 12.7. The number of carbonyl (C=O) groups is 2. The number of rotatable bonds is 7. The summed E-state index contributed by atoms with van der Waals surface area (Å²) in [6.45, 7) is 2.21. The van der Waals surface area contributed by atoms with Gasteiger partial charge in [0.25, 0.3) is 0 Å². The standard InChI is InChI=1S/C24H35N3O2/c28-22(26-23(19-11-12-19)18-7-3-1-4-8-18)17-27-15-13-21(14-16-27)25-24(29)20-9-5-2-6-10-20/h1,3-4,7-8,19-21,23H,2,5-6,9-17H2,(H,25,29)(H,26,28). The SMILES string of the molecule is O=C(CN1CCC(NC(=O)C2CCCCC2)CC1)NC(c1ccccc1)C1CC1. The molecule has 4 rings (SSSR count). The van der Waals surface area contributed by atoms with Gasteiger partial charge in [-0.15, -0.1) is 0 Å². The Labute approximate surface area is 174 Å². The van der Waals surface area contributed by atoms with Gasteiger partial charge in [-0.3, -0.25) is 14.5 Å². The summed E-state index contributed by atoms with van der Waals surface area (Å²) in [5.74, 6) is 1.19. The van der Waals surface area contributed by atoms with Crippen LogP contribution in [0.25, 0.3) is 0 Å². The zero-order chi connectivity index (χ0) is 20.1. The van der Waals surface area contributed by atoms with E-state index >= 15 is 0 Å². The lowest BCUT2D eigenvalue weighted by Crippen LogP contribution is -2.49. The van der Waals surface area contributed by atoms with Crippen LogP contribution in [0, 0.1) is 11.8 Å². The summed E-state index contributed by atoms with van der Waals surface area (Å²) in [5, 5.41) is 6.55. The highest BCUT2D eigenvalue weighted by Gasteiger charge is 2.34. The van der Waals surface area contributed by atoms with Crippen molar-refractivity contribution >= 4 is 11.8 Å². The number of piperidine rings is 1. The van der Waals surface area contributed by atoms with E-state index < -0.39 is 0 Å². The van der Waals surface area contributed by atoms with Crippen molar-refractivity contribution < 1.29 is 9.59 Å². The number of nitrogens with one attached hydrogen (secondary N) is 2. The van der Waals surface area contributed by atoms with Crippen molar-refractivity contribution in [1.29, 1.82) is 0 Å². The Morgan fingerprint density at radius 1 is 0.931 bits per heavy atom. The molecule has 2 aliphatic carbocycles. The molecule has 1 aromatic carbocycles. The molecule has 0 bridgehead atoms. The second-order valence-corrected chi connectivity index (χ2v) is 9.19. The summed E-state index contributed by atoms with van der Waals surface area (Å²) in [6, 6.07) is 10.8. The predicted octanol–water partition coefficient (Wildman–Crippen LogP) is 3.41. The largest absolute Gasteiger partial charge is 0.353 e. The zero-order valence-electron chi connectivity index (χ0n) is 17.4. The van der Waals surface area contributed by atoms with Gasteiger partial charge in [-0.1, -0.05) is 49.6 Å². The molecule has 5 nitrogen and oxygen atoms in total. The fraction of sp³-hybridized carbons (Fsp3) is 0.667. The molecule has 2 amide bonds. The molecule has 1 saturated heterocycles. The van der Waals surface area contributed by atoms with Gasteiger partial charge in [-0.2, -0.15) is 0 Å². The fourth-order valence-electron chi connectivity index (χ4n) is 4.90. The summed E-state index contributed by atoms with van der Waals surface area (Å²) in [4.78, 5) is 27.4. The molecule has 0 radical (unpaired) electrons. The van der Waals surface area contributed by atoms with E-state index in [1.165, 1.54) is 37.7 Å². The third kappa shape index (κ3) is 5.81. The van der Waals surface area contributed by atoms with Crippen LogP contribution < -0.4 is 10.6 Å². The third-order valence-corrected chi connectivity index (χ3v) is 6.85. The van der Waals surface area contributed by atoms with Gasteiger partial charge in [-0.25, -0.2) is 0 Å². The molecule has 1 aliphatic heterocycles. The molecule has 0 spiro atoms. The van der Waals surface area contributed by atoms with Gasteiger partial charge in [-0.05, 0) is 50.0 Å². The Bertz CT molecular complexity index is 675. The molecular weight excluding hydrogens is 362 g/mol. The van der Waals surface area contributed by atoms with E-state index in [0.29, 0.717) is 12.5 Å². The molecule has 2 saturated carbocycles. The molecule has 29 heavy (non-hydrogen) atoms. The van der Waals surface area contributed by atoms with E-state index in [-0.39, 0.29) is 29.8 Å². The Morgan fingerprint density at radius 2 is 1.62 bits per heavy atom. The molecule has 5 heteroatoms. The Balaban J connectivity index is 1.20. The van der Waals surface area contributed by atoms with Crippen molar-refractivity contribution in [3.8, 4) is 0 Å². The van der Waals surface area contributed by atoms with Gasteiger partial charge in [0, 0.05) is 25.0 Å². The van der Waals surface area contributed by atoms with Crippen LogP contribution in [0.4, 0.5) is 0 Å². The minimum Gasteiger partial charge on any atom is -0.353 e. The topological polar surface area (TPSA) is 61.4 Å². The van der Waals surface area contributed by atoms with Gasteiger partial charge in [0.2, 0.25) is 11.8 Å². The van der Waals surface area contributed by atoms with Crippen LogP contribution in [0.5, 0.6) is 0 Å². The minimum absolute atomic E-state index is 0.121. The average molecular weight is 398 g/mol. The number of carbonyl (C=O) groups excluding carboxylic acids is 2. The lowest BCUT2D eigenvalue weighted by Gasteiger charge is -2.33. The summed E-state index contributed by atoms with van der Waals surface area (Å²) >= 11 is 0. The quantitative estimate of drug-likeness (QED) is 0.741. The monoisotopic (exact) mass is 397 g/mol. The van der Waals surface area contributed by atoms with Crippen LogP contribution in [-0.4, -0.2) is 42.4 Å². The maximum Gasteiger partial charge on any atom is 0.234 e. The van der Waals surface area contributed by atoms with Crippen LogP contribution in [0.15, 0.2) is 30.3 Å². The molecule has 3 fully saturated rings. The first-order valence-corrected chi connectivity index (χ1v) is 11.6. The summed E-state index contributed by atoms with van der Waals surface area (Å²) < 4.78 is 0. The highest BCUT2D eigenvalue weighted by Crippen LogP contribution is 2.40. The maximum absolute atomic E-state index is 12.7. The van der Waals surface area contributed by atoms with Crippen molar-refractivity contribution in [1.82, 2.24) is 15.5 Å². The fourth-order valence-corrected chi connectivity index (χ4v) is 4.90. The lowest BCUT2D eigenvalue weighted by molar-refractivity contribution is -0.127. The molecule has 158 valence electrons. The average Bonchev–Trinajstić information content (AvgIpc) is 3.60. The highest BCUT2D eigenvalue weighted by atomic mass is 16.2. The molecule has 1 aromatic rings. The molecule has 1 unspecified atom stereocenters. The van der Waals surface area contributed by atoms with E-state index in [1.807, 2.05) is 18.2 Å². The van der Waals surface area contributed by atoms with Crippen molar-refractivity contribution in [2.75, 3.05) is 19.6 Å². The Hall–Kier alpha value is -1.88. The first-order valence-electron chi connectivity index (χ1n) is 11.6. The minimum atomic E-state index is 0.121. The van der Waals surface area contributed by atoms with E-state index in [2.05, 4.69) is 27.7 Å². The van der Waals surface area contributed by atoms with Gasteiger partial charge in [0.05, 0.1) is 12.6 Å². The van der Waals surface area contributed by atoms with E-state index in [9.17, 15) is 9.59 Å². The summed E-state index contributed by atoms with van der Waals surface area (Å²) in [7, 11) is 0. The van der Waals surface area contributed by atoms with Crippen molar-refractivity contribution in [2.24, 2.45) is 11.8 Å². The normalized spacial score (nSPS) is 22.8. The summed E-state index contributed by atoms with van der Waals surface area (Å²) in [5.41, 5.74) is 1.22. The van der Waals surface area contributed by atoms with Crippen molar-refractivity contribution in [3.63, 3.8) is 0 Å². The van der Waals surface area contributed by atoms with Crippen LogP contribution >= 0.6 is 0 Å². The highest BCUT2D eigenvalue weighted by molar-refractivity contribution is 5.79. The van der Waals surface area contributed by atoms with E-state index in [4.69, 9.17) is 0 Å². The molecular formula is C24H35N3O2. The number of nitrogens with zero attached hydrogens (tertiary/aromatic N) is 1. The predicted molar refractivity (Wildman–Crippen MR) is 114 cm³/mol. The van der Waals surface area contributed by atoms with Gasteiger partial charge >= 0.3 is 0 Å². The first-order chi connectivity index (χ1) is 14.2. The molecule has 0 aromatic heterocycles. The molecule has 2 N–H and O–H groups in total. The molecule has 3 aliphatic rings. The number of hydrogen-bond acceptors (Lipinski definition) is 3. The van der Waals surface area contributed by atoms with Crippen LogP contribution in [0.1, 0.15) is 69.4 Å².